The molecule has 21 heavy (non-hydrogen) atoms. The second kappa shape index (κ2) is 4.94. The number of carbonyl (C=O) groups excluding carboxylic acids is 2. The van der Waals surface area contributed by atoms with E-state index in [1.54, 1.807) is 12.1 Å². The first-order valence-electron chi connectivity index (χ1n) is 6.64. The monoisotopic (exact) mass is 281 g/mol. The number of allylic oxidation sites excluding steroid dienone is 1. The average molecular weight is 281 g/mol. The van der Waals surface area contributed by atoms with E-state index in [-0.39, 0.29) is 18.2 Å². The van der Waals surface area contributed by atoms with E-state index in [0.29, 0.717) is 5.57 Å². The van der Waals surface area contributed by atoms with Gasteiger partial charge in [0.2, 0.25) is 5.91 Å². The Morgan fingerprint density at radius 3 is 2.76 bits per heavy atom. The van der Waals surface area contributed by atoms with Gasteiger partial charge in [-0.3, -0.25) is 9.59 Å². The lowest BCUT2D eigenvalue weighted by atomic mass is 9.97. The molecule has 0 spiro atoms. The number of hydrogen-bond donors (Lipinski definition) is 3. The zero-order valence-electron chi connectivity index (χ0n) is 11.6. The lowest BCUT2D eigenvalue weighted by molar-refractivity contribution is -0.117. The molecule has 2 aromatic rings. The average Bonchev–Trinajstić information content (AvgIpc) is 3.04. The summed E-state index contributed by atoms with van der Waals surface area (Å²) in [7, 11) is 0. The van der Waals surface area contributed by atoms with Gasteiger partial charge in [-0.15, -0.1) is 0 Å². The predicted octanol–water partition coefficient (Wildman–Crippen LogP) is 1.93. The summed E-state index contributed by atoms with van der Waals surface area (Å²) >= 11 is 0. The molecule has 1 aliphatic rings. The number of fused-ring (bicyclic) bond motifs is 1. The Bertz CT molecular complexity index is 758. The molecule has 3 rings (SSSR count). The highest BCUT2D eigenvalue weighted by atomic mass is 16.2. The molecule has 1 aliphatic heterocycles. The summed E-state index contributed by atoms with van der Waals surface area (Å²) in [6, 6.07) is 9.26. The van der Waals surface area contributed by atoms with Gasteiger partial charge in [0.25, 0.3) is 5.91 Å². The van der Waals surface area contributed by atoms with Crippen molar-refractivity contribution in [1.29, 1.82) is 0 Å². The van der Waals surface area contributed by atoms with E-state index in [4.69, 9.17) is 5.73 Å². The molecule has 1 aromatic carbocycles. The Hall–Kier alpha value is -2.82. The molecule has 0 unspecified atom stereocenters. The van der Waals surface area contributed by atoms with Crippen LogP contribution >= 0.6 is 0 Å². The fourth-order valence-electron chi connectivity index (χ4n) is 2.60. The number of rotatable bonds is 3. The summed E-state index contributed by atoms with van der Waals surface area (Å²) in [6.07, 6.45) is 1.98. The number of anilines is 1. The topological polar surface area (TPSA) is 88.0 Å². The number of nitrogens with two attached hydrogens (primary N) is 1. The van der Waals surface area contributed by atoms with E-state index >= 15 is 0 Å². The number of aromatic amines is 1. The van der Waals surface area contributed by atoms with Crippen LogP contribution in [0.5, 0.6) is 0 Å². The van der Waals surface area contributed by atoms with Crippen molar-refractivity contribution in [2.24, 2.45) is 5.73 Å². The maximum Gasteiger partial charge on any atom is 0.256 e. The second-order valence-electron chi connectivity index (χ2n) is 5.06. The highest BCUT2D eigenvalue weighted by Gasteiger charge is 2.27. The maximum absolute atomic E-state index is 12.2. The molecule has 5 heteroatoms. The van der Waals surface area contributed by atoms with Crippen LogP contribution in [0.15, 0.2) is 36.5 Å². The fourth-order valence-corrected chi connectivity index (χ4v) is 2.60. The van der Waals surface area contributed by atoms with Crippen LogP contribution in [0, 0.1) is 0 Å². The molecule has 0 fully saturated rings. The minimum absolute atomic E-state index is 0.131. The number of nitrogens with one attached hydrogen (secondary N) is 2. The number of carbonyl (C=O) groups is 2. The zero-order chi connectivity index (χ0) is 15.0. The predicted molar refractivity (Wildman–Crippen MR) is 81.3 cm³/mol. The lowest BCUT2D eigenvalue weighted by Crippen LogP contribution is -2.13. The van der Waals surface area contributed by atoms with Crippen molar-refractivity contribution in [1.82, 2.24) is 4.98 Å². The Morgan fingerprint density at radius 1 is 1.29 bits per heavy atom. The highest BCUT2D eigenvalue weighted by molar-refractivity contribution is 6.36. The van der Waals surface area contributed by atoms with Crippen LogP contribution in [0.3, 0.4) is 0 Å². The Labute approximate surface area is 121 Å². The van der Waals surface area contributed by atoms with Crippen LogP contribution in [-0.4, -0.2) is 16.8 Å². The summed E-state index contributed by atoms with van der Waals surface area (Å²) < 4.78 is 0. The highest BCUT2D eigenvalue weighted by Crippen LogP contribution is 2.37. The molecule has 4 N–H and O–H groups in total. The normalized spacial score (nSPS) is 15.6. The van der Waals surface area contributed by atoms with Gasteiger partial charge in [-0.05, 0) is 42.3 Å². The molecule has 0 saturated heterocycles. The summed E-state index contributed by atoms with van der Waals surface area (Å²) in [5.41, 5.74) is 9.99. The van der Waals surface area contributed by atoms with Crippen molar-refractivity contribution in [3.05, 3.63) is 53.3 Å². The van der Waals surface area contributed by atoms with Crippen molar-refractivity contribution in [2.45, 2.75) is 13.3 Å². The third kappa shape index (κ3) is 2.33. The van der Waals surface area contributed by atoms with E-state index < -0.39 is 0 Å². The van der Waals surface area contributed by atoms with Crippen LogP contribution in [0.4, 0.5) is 5.69 Å². The smallest absolute Gasteiger partial charge is 0.256 e. The summed E-state index contributed by atoms with van der Waals surface area (Å²) in [5, 5.41) is 2.84. The quantitative estimate of drug-likeness (QED) is 0.750. The van der Waals surface area contributed by atoms with Gasteiger partial charge in [-0.2, -0.15) is 0 Å². The van der Waals surface area contributed by atoms with Crippen molar-refractivity contribution in [2.75, 3.05) is 5.32 Å². The van der Waals surface area contributed by atoms with E-state index in [1.807, 2.05) is 31.3 Å². The molecule has 1 aromatic heterocycles. The number of primary amides is 1. The third-order valence-corrected chi connectivity index (χ3v) is 3.58. The first-order valence-corrected chi connectivity index (χ1v) is 6.64. The molecule has 5 nitrogen and oxygen atoms in total. The molecule has 0 aliphatic carbocycles. The van der Waals surface area contributed by atoms with Gasteiger partial charge in [0.1, 0.15) is 0 Å². The largest absolute Gasteiger partial charge is 0.369 e. The Morgan fingerprint density at radius 2 is 2.10 bits per heavy atom. The molecule has 0 radical (unpaired) electrons. The number of H-pyrrole nitrogens is 1. The molecule has 106 valence electrons. The molecule has 0 bridgehead atoms. The number of hydrogen-bond acceptors (Lipinski definition) is 2. The SMILES string of the molecule is C/C(=C1/C(=O)Nc2ccc(CC(N)=O)cc21)c1ccc[nH]1. The van der Waals surface area contributed by atoms with Crippen molar-refractivity contribution in [3.8, 4) is 0 Å². The number of benzene rings is 1. The van der Waals surface area contributed by atoms with E-state index in [9.17, 15) is 9.59 Å². The minimum atomic E-state index is -0.390. The van der Waals surface area contributed by atoms with Crippen molar-refractivity contribution in [3.63, 3.8) is 0 Å². The van der Waals surface area contributed by atoms with Gasteiger partial charge in [0.15, 0.2) is 0 Å². The molecular weight excluding hydrogens is 266 g/mol. The molecular formula is C16H15N3O2. The first kappa shape index (κ1) is 13.2. The molecule has 0 atom stereocenters. The molecule has 2 heterocycles. The van der Waals surface area contributed by atoms with Gasteiger partial charge in [0.05, 0.1) is 12.0 Å². The summed E-state index contributed by atoms with van der Waals surface area (Å²) in [6.45, 7) is 1.90. The van der Waals surface area contributed by atoms with Gasteiger partial charge in [-0.1, -0.05) is 6.07 Å². The zero-order valence-corrected chi connectivity index (χ0v) is 11.6. The maximum atomic E-state index is 12.2. The van der Waals surface area contributed by atoms with E-state index in [0.717, 1.165) is 28.1 Å². The van der Waals surface area contributed by atoms with E-state index in [2.05, 4.69) is 10.3 Å². The van der Waals surface area contributed by atoms with Crippen LogP contribution in [0.2, 0.25) is 0 Å². The van der Waals surface area contributed by atoms with Crippen LogP contribution < -0.4 is 11.1 Å². The van der Waals surface area contributed by atoms with Crippen molar-refractivity contribution < 1.29 is 9.59 Å². The van der Waals surface area contributed by atoms with Gasteiger partial charge >= 0.3 is 0 Å². The minimum Gasteiger partial charge on any atom is -0.369 e. The van der Waals surface area contributed by atoms with Gasteiger partial charge in [-0.25, -0.2) is 0 Å². The molecule has 0 saturated carbocycles. The number of aromatic nitrogens is 1. The standard InChI is InChI=1S/C16H15N3O2/c1-9(12-3-2-6-18-12)15-11-7-10(8-14(17)20)4-5-13(11)19-16(15)21/h2-7,18H,8H2,1H3,(H2,17,20)(H,19,21)/b15-9-. The van der Waals surface area contributed by atoms with Crippen LogP contribution in [-0.2, 0) is 16.0 Å². The third-order valence-electron chi connectivity index (χ3n) is 3.58. The first-order chi connectivity index (χ1) is 10.1. The Balaban J connectivity index is 2.12. The van der Waals surface area contributed by atoms with Gasteiger partial charge in [0, 0.05) is 23.1 Å². The summed E-state index contributed by atoms with van der Waals surface area (Å²) in [4.78, 5) is 26.4. The van der Waals surface area contributed by atoms with Crippen molar-refractivity contribution >= 4 is 28.6 Å². The van der Waals surface area contributed by atoms with Crippen LogP contribution in [0.25, 0.3) is 11.1 Å². The second-order valence-corrected chi connectivity index (χ2v) is 5.06. The Kier molecular flexibility index (Phi) is 3.10. The van der Waals surface area contributed by atoms with E-state index in [1.165, 1.54) is 0 Å². The fraction of sp³-hybridized carbons (Fsp3) is 0.125. The molecule has 2 amide bonds. The summed E-state index contributed by atoms with van der Waals surface area (Å²) in [5.74, 6) is -0.521. The number of amides is 2. The van der Waals surface area contributed by atoms with Gasteiger partial charge < -0.3 is 16.0 Å². The lowest BCUT2D eigenvalue weighted by Gasteiger charge is -2.06. The van der Waals surface area contributed by atoms with Crippen LogP contribution in [0.1, 0.15) is 23.7 Å².